The number of anilines is 1. The molecule has 0 aliphatic heterocycles. The van der Waals surface area contributed by atoms with Crippen LogP contribution in [0.2, 0.25) is 10.0 Å². The number of amides is 1. The Balaban J connectivity index is 1.79. The average molecular weight is 518 g/mol. The number of carboxylic acid groups (broad SMARTS) is 1. The van der Waals surface area contributed by atoms with E-state index in [4.69, 9.17) is 38.8 Å². The van der Waals surface area contributed by atoms with Gasteiger partial charge in [-0.2, -0.15) is 0 Å². The Morgan fingerprint density at radius 1 is 1.30 bits per heavy atom. The molecule has 1 aromatic heterocycles. The summed E-state index contributed by atoms with van der Waals surface area (Å²) in [5.74, 6) is -3.34. The number of nitrogens with zero attached hydrogens (tertiary/aromatic N) is 1. The molecule has 2 aromatic carbocycles. The molecule has 0 saturated heterocycles. The van der Waals surface area contributed by atoms with E-state index in [0.29, 0.717) is 10.7 Å². The van der Waals surface area contributed by atoms with Crippen molar-refractivity contribution in [3.8, 4) is 11.5 Å². The Morgan fingerprint density at radius 2 is 2.03 bits per heavy atom. The summed E-state index contributed by atoms with van der Waals surface area (Å²) < 4.78 is 20.5. The summed E-state index contributed by atoms with van der Waals surface area (Å²) in [5.41, 5.74) is 5.91. The van der Waals surface area contributed by atoms with Crippen LogP contribution in [0.15, 0.2) is 34.9 Å². The Kier molecular flexibility index (Phi) is 6.49. The number of nitrogens with one attached hydrogen (secondary N) is 2. The first-order valence-electron chi connectivity index (χ1n) is 8.13. The van der Waals surface area contributed by atoms with Crippen LogP contribution in [0.4, 0.5) is 10.1 Å². The number of halogens is 4. The predicted octanol–water partition coefficient (Wildman–Crippen LogP) is 4.62. The van der Waals surface area contributed by atoms with Gasteiger partial charge >= 0.3 is 5.97 Å². The molecule has 156 valence electrons. The third kappa shape index (κ3) is 4.84. The van der Waals surface area contributed by atoms with E-state index in [1.807, 2.05) is 0 Å². The fraction of sp³-hybridized carbons (Fsp3) is 0.0556. The van der Waals surface area contributed by atoms with Crippen molar-refractivity contribution in [3.63, 3.8) is 0 Å². The maximum atomic E-state index is 14.9. The highest BCUT2D eigenvalue weighted by Gasteiger charge is 2.21. The number of carbonyl (C=O) groups excluding carboxylic acids is 1. The molecule has 0 unspecified atom stereocenters. The molecule has 0 atom stereocenters. The molecule has 30 heavy (non-hydrogen) atoms. The average Bonchev–Trinajstić information content (AvgIpc) is 3.05. The van der Waals surface area contributed by atoms with Crippen molar-refractivity contribution in [3.05, 3.63) is 67.9 Å². The van der Waals surface area contributed by atoms with Gasteiger partial charge in [0.25, 0.3) is 5.91 Å². The van der Waals surface area contributed by atoms with Crippen LogP contribution in [0.25, 0.3) is 0 Å². The molecule has 12 heteroatoms. The fourth-order valence-electron chi connectivity index (χ4n) is 2.43. The first kappa shape index (κ1) is 21.9. The molecule has 8 nitrogen and oxygen atoms in total. The number of ether oxygens (including phenoxy) is 1. The van der Waals surface area contributed by atoms with Gasteiger partial charge in [-0.15, -0.1) is 0 Å². The van der Waals surface area contributed by atoms with Gasteiger partial charge in [-0.25, -0.2) is 14.2 Å². The fourth-order valence-corrected chi connectivity index (χ4v) is 3.30. The van der Waals surface area contributed by atoms with Crippen LogP contribution in [0.5, 0.6) is 11.5 Å². The van der Waals surface area contributed by atoms with Crippen molar-refractivity contribution in [1.29, 1.82) is 0 Å². The van der Waals surface area contributed by atoms with Crippen molar-refractivity contribution in [2.24, 2.45) is 0 Å². The van der Waals surface area contributed by atoms with E-state index in [2.05, 4.69) is 31.2 Å². The molecule has 1 heterocycles. The van der Waals surface area contributed by atoms with E-state index in [1.165, 1.54) is 30.3 Å². The molecular formula is C18H12BrCl2FN4O4. The predicted molar refractivity (Wildman–Crippen MR) is 112 cm³/mol. The zero-order valence-electron chi connectivity index (χ0n) is 14.8. The number of aromatic carboxylic acids is 1. The van der Waals surface area contributed by atoms with E-state index in [0.717, 1.165) is 0 Å². The van der Waals surface area contributed by atoms with Crippen LogP contribution in [-0.2, 0) is 6.54 Å². The molecule has 1 amide bonds. The van der Waals surface area contributed by atoms with Gasteiger partial charge < -0.3 is 25.9 Å². The lowest BCUT2D eigenvalue weighted by atomic mass is 10.2. The molecule has 0 fully saturated rings. The summed E-state index contributed by atoms with van der Waals surface area (Å²) in [6, 6.07) is 7.17. The zero-order valence-corrected chi connectivity index (χ0v) is 17.9. The number of benzene rings is 2. The number of imidazole rings is 1. The SMILES string of the molecule is Nc1cc(Cl)cc(Oc2c(Cl)ccc(CNC(=O)c3nc(C(=O)O)[nH]c3Br)c2F)c1. The van der Waals surface area contributed by atoms with E-state index in [-0.39, 0.29) is 38.9 Å². The Labute approximate surface area is 187 Å². The molecule has 3 aromatic rings. The van der Waals surface area contributed by atoms with Gasteiger partial charge in [0.05, 0.1) is 5.02 Å². The molecule has 0 saturated carbocycles. The lowest BCUT2D eigenvalue weighted by Crippen LogP contribution is -2.24. The number of carboxylic acids is 1. The highest BCUT2D eigenvalue weighted by molar-refractivity contribution is 9.10. The van der Waals surface area contributed by atoms with Crippen molar-refractivity contribution in [1.82, 2.24) is 15.3 Å². The van der Waals surface area contributed by atoms with Crippen molar-refractivity contribution in [2.45, 2.75) is 6.54 Å². The molecule has 3 rings (SSSR count). The monoisotopic (exact) mass is 516 g/mol. The Hall–Kier alpha value is -2.82. The topological polar surface area (TPSA) is 130 Å². The first-order chi connectivity index (χ1) is 14.2. The number of hydrogen-bond donors (Lipinski definition) is 4. The van der Waals surface area contributed by atoms with Gasteiger partial charge in [0.1, 0.15) is 10.4 Å². The number of hydrogen-bond acceptors (Lipinski definition) is 5. The second-order valence-corrected chi connectivity index (χ2v) is 7.54. The number of nitrogens with two attached hydrogens (primary N) is 1. The van der Waals surface area contributed by atoms with Crippen LogP contribution in [-0.4, -0.2) is 27.0 Å². The quantitative estimate of drug-likeness (QED) is 0.353. The van der Waals surface area contributed by atoms with Crippen LogP contribution in [0.1, 0.15) is 26.7 Å². The van der Waals surface area contributed by atoms with Gasteiger partial charge in [0.15, 0.2) is 17.3 Å². The third-order valence-corrected chi connectivity index (χ3v) is 4.85. The van der Waals surface area contributed by atoms with Gasteiger partial charge in [-0.3, -0.25) is 4.79 Å². The number of rotatable bonds is 6. The lowest BCUT2D eigenvalue weighted by Gasteiger charge is -2.13. The summed E-state index contributed by atoms with van der Waals surface area (Å²) >= 11 is 15.0. The number of nitrogen functional groups attached to an aromatic ring is 1. The summed E-state index contributed by atoms with van der Waals surface area (Å²) in [5, 5.41) is 11.7. The minimum Gasteiger partial charge on any atom is -0.475 e. The van der Waals surface area contributed by atoms with Crippen LogP contribution >= 0.6 is 39.1 Å². The Bertz CT molecular complexity index is 1140. The minimum absolute atomic E-state index is 0.00210. The first-order valence-corrected chi connectivity index (χ1v) is 9.68. The van der Waals surface area contributed by atoms with Gasteiger partial charge in [-0.1, -0.05) is 29.3 Å². The Morgan fingerprint density at radius 3 is 2.67 bits per heavy atom. The van der Waals surface area contributed by atoms with E-state index < -0.39 is 23.5 Å². The van der Waals surface area contributed by atoms with Crippen molar-refractivity contribution < 1.29 is 23.8 Å². The van der Waals surface area contributed by atoms with Gasteiger partial charge in [0, 0.05) is 28.9 Å². The molecule has 0 aliphatic carbocycles. The summed E-state index contributed by atoms with van der Waals surface area (Å²) in [6.45, 7) is -0.239. The summed E-state index contributed by atoms with van der Waals surface area (Å²) in [7, 11) is 0. The lowest BCUT2D eigenvalue weighted by molar-refractivity contribution is 0.0684. The number of H-pyrrole nitrogens is 1. The maximum absolute atomic E-state index is 14.9. The molecule has 0 radical (unpaired) electrons. The molecule has 0 bridgehead atoms. The zero-order chi connectivity index (χ0) is 22.0. The second kappa shape index (κ2) is 8.90. The standard InChI is InChI=1S/C18H12BrCl2FN4O4/c19-15-13(25-16(26-15)18(28)29)17(27)24-6-7-1-2-11(21)14(12(7)22)30-10-4-8(20)3-9(23)5-10/h1-5H,6,23H2,(H,24,27)(H,25,26)(H,28,29). The molecule has 0 aliphatic rings. The summed E-state index contributed by atoms with van der Waals surface area (Å²) in [4.78, 5) is 29.3. The minimum atomic E-state index is -1.33. The second-order valence-electron chi connectivity index (χ2n) is 5.91. The smallest absolute Gasteiger partial charge is 0.371 e. The van der Waals surface area contributed by atoms with Crippen LogP contribution < -0.4 is 15.8 Å². The highest BCUT2D eigenvalue weighted by atomic mass is 79.9. The normalized spacial score (nSPS) is 10.7. The molecule has 0 spiro atoms. The van der Waals surface area contributed by atoms with Crippen LogP contribution in [0, 0.1) is 5.82 Å². The highest BCUT2D eigenvalue weighted by Crippen LogP contribution is 2.35. The van der Waals surface area contributed by atoms with Gasteiger partial charge in [0.2, 0.25) is 5.82 Å². The molecule has 5 N–H and O–H groups in total. The molecular weight excluding hydrogens is 506 g/mol. The van der Waals surface area contributed by atoms with Crippen LogP contribution in [0.3, 0.4) is 0 Å². The van der Waals surface area contributed by atoms with Crippen molar-refractivity contribution >= 4 is 56.7 Å². The third-order valence-electron chi connectivity index (χ3n) is 3.76. The van der Waals surface area contributed by atoms with Crippen molar-refractivity contribution in [2.75, 3.05) is 5.73 Å². The largest absolute Gasteiger partial charge is 0.475 e. The number of aromatic amines is 1. The maximum Gasteiger partial charge on any atom is 0.371 e. The number of aromatic nitrogens is 2. The van der Waals surface area contributed by atoms with E-state index >= 15 is 0 Å². The van der Waals surface area contributed by atoms with E-state index in [9.17, 15) is 14.0 Å². The van der Waals surface area contributed by atoms with E-state index in [1.54, 1.807) is 0 Å². The number of carbonyl (C=O) groups is 2. The summed E-state index contributed by atoms with van der Waals surface area (Å²) in [6.07, 6.45) is 0. The van der Waals surface area contributed by atoms with Gasteiger partial charge in [-0.05, 0) is 34.1 Å².